The van der Waals surface area contributed by atoms with Crippen molar-refractivity contribution in [3.05, 3.63) is 88.7 Å². The zero-order valence-corrected chi connectivity index (χ0v) is 15.2. The number of nitrogens with one attached hydrogen (secondary N) is 2. The molecule has 5 heteroatoms. The molecule has 0 aliphatic carbocycles. The van der Waals surface area contributed by atoms with Gasteiger partial charge in [0.2, 0.25) is 5.91 Å². The molecule has 0 saturated heterocycles. The molecule has 25 heavy (non-hydrogen) atoms. The van der Waals surface area contributed by atoms with E-state index in [0.29, 0.717) is 13.0 Å². The van der Waals surface area contributed by atoms with Gasteiger partial charge in [-0.1, -0.05) is 40.2 Å². The number of carbonyl (C=O) groups is 1. The number of halogens is 1. The first-order valence-electron chi connectivity index (χ1n) is 7.97. The molecule has 0 atom stereocenters. The largest absolute Gasteiger partial charge is 0.381 e. The van der Waals surface area contributed by atoms with Crippen LogP contribution in [0.15, 0.2) is 77.5 Å². The second-order valence-electron chi connectivity index (χ2n) is 5.61. The number of hydrogen-bond donors (Lipinski definition) is 2. The summed E-state index contributed by atoms with van der Waals surface area (Å²) in [5, 5.41) is 6.25. The van der Waals surface area contributed by atoms with Crippen molar-refractivity contribution in [2.24, 2.45) is 0 Å². The normalized spacial score (nSPS) is 10.3. The molecule has 1 amide bonds. The molecule has 0 saturated carbocycles. The Kier molecular flexibility index (Phi) is 5.80. The van der Waals surface area contributed by atoms with Gasteiger partial charge in [0, 0.05) is 34.8 Å². The van der Waals surface area contributed by atoms with E-state index in [0.717, 1.165) is 27.0 Å². The zero-order valence-electron chi connectivity index (χ0n) is 13.6. The number of pyridine rings is 1. The van der Waals surface area contributed by atoms with Gasteiger partial charge in [-0.2, -0.15) is 0 Å². The molecule has 4 nitrogen and oxygen atoms in total. The Balaban J connectivity index is 1.53. The van der Waals surface area contributed by atoms with Crippen LogP contribution in [0.2, 0.25) is 0 Å². The van der Waals surface area contributed by atoms with Crippen molar-refractivity contribution in [1.82, 2.24) is 4.98 Å². The van der Waals surface area contributed by atoms with Gasteiger partial charge in [0.15, 0.2) is 0 Å². The predicted molar refractivity (Wildman–Crippen MR) is 104 cm³/mol. The zero-order chi connectivity index (χ0) is 17.5. The van der Waals surface area contributed by atoms with Gasteiger partial charge in [0.25, 0.3) is 0 Å². The number of anilines is 2. The highest BCUT2D eigenvalue weighted by Gasteiger charge is 2.06. The van der Waals surface area contributed by atoms with E-state index in [4.69, 9.17) is 0 Å². The number of amides is 1. The van der Waals surface area contributed by atoms with Crippen LogP contribution in [0.1, 0.15) is 11.1 Å². The average molecular weight is 396 g/mol. The van der Waals surface area contributed by atoms with E-state index in [1.165, 1.54) is 0 Å². The Hall–Kier alpha value is -2.66. The molecule has 1 aromatic heterocycles. The first-order valence-corrected chi connectivity index (χ1v) is 8.76. The van der Waals surface area contributed by atoms with Crippen LogP contribution in [0.5, 0.6) is 0 Å². The second kappa shape index (κ2) is 8.44. The van der Waals surface area contributed by atoms with Crippen molar-refractivity contribution >= 4 is 33.2 Å². The summed E-state index contributed by atoms with van der Waals surface area (Å²) in [6.45, 7) is 0.710. The third-order valence-electron chi connectivity index (χ3n) is 3.70. The van der Waals surface area contributed by atoms with E-state index in [9.17, 15) is 4.79 Å². The van der Waals surface area contributed by atoms with E-state index < -0.39 is 0 Å². The predicted octanol–water partition coefficient (Wildman–Crippen LogP) is 4.64. The number of hydrogen-bond acceptors (Lipinski definition) is 3. The van der Waals surface area contributed by atoms with Gasteiger partial charge in [0.05, 0.1) is 6.42 Å². The molecule has 2 N–H and O–H groups in total. The second-order valence-corrected chi connectivity index (χ2v) is 6.46. The lowest BCUT2D eigenvalue weighted by Crippen LogP contribution is -2.14. The number of carbonyl (C=O) groups excluding carboxylic acids is 1. The smallest absolute Gasteiger partial charge is 0.228 e. The van der Waals surface area contributed by atoms with Crippen LogP contribution < -0.4 is 10.6 Å². The standard InChI is InChI=1S/C20H18BrN3O/c21-19-6-2-1-5-16(19)12-20(25)24-18-9-7-17(8-10-18)23-14-15-4-3-11-22-13-15/h1-11,13,23H,12,14H2,(H,24,25). The average Bonchev–Trinajstić information content (AvgIpc) is 2.64. The summed E-state index contributed by atoms with van der Waals surface area (Å²) in [7, 11) is 0. The van der Waals surface area contributed by atoms with Crippen molar-refractivity contribution in [1.29, 1.82) is 0 Å². The third-order valence-corrected chi connectivity index (χ3v) is 4.47. The Morgan fingerprint density at radius 2 is 1.72 bits per heavy atom. The summed E-state index contributed by atoms with van der Waals surface area (Å²) < 4.78 is 0.945. The van der Waals surface area contributed by atoms with Crippen LogP contribution in [-0.2, 0) is 17.8 Å². The van der Waals surface area contributed by atoms with Crippen LogP contribution in [0.3, 0.4) is 0 Å². The molecular weight excluding hydrogens is 378 g/mol. The minimum atomic E-state index is -0.0389. The topological polar surface area (TPSA) is 54.0 Å². The first-order chi connectivity index (χ1) is 12.2. The van der Waals surface area contributed by atoms with Gasteiger partial charge >= 0.3 is 0 Å². The van der Waals surface area contributed by atoms with E-state index in [2.05, 4.69) is 31.5 Å². The van der Waals surface area contributed by atoms with Gasteiger partial charge in [-0.05, 0) is 47.5 Å². The number of nitrogens with zero attached hydrogens (tertiary/aromatic N) is 1. The lowest BCUT2D eigenvalue weighted by molar-refractivity contribution is -0.115. The number of benzene rings is 2. The summed E-state index contributed by atoms with van der Waals surface area (Å²) in [4.78, 5) is 16.3. The van der Waals surface area contributed by atoms with Crippen molar-refractivity contribution in [3.8, 4) is 0 Å². The number of rotatable bonds is 6. The van der Waals surface area contributed by atoms with Crippen LogP contribution in [0.25, 0.3) is 0 Å². The number of aromatic nitrogens is 1. The van der Waals surface area contributed by atoms with Gasteiger partial charge in [0.1, 0.15) is 0 Å². The Morgan fingerprint density at radius 3 is 2.44 bits per heavy atom. The molecular formula is C20H18BrN3O. The fourth-order valence-corrected chi connectivity index (χ4v) is 2.82. The Bertz CT molecular complexity index is 835. The van der Waals surface area contributed by atoms with Gasteiger partial charge in [-0.3, -0.25) is 9.78 Å². The molecule has 1 heterocycles. The highest BCUT2D eigenvalue weighted by molar-refractivity contribution is 9.10. The van der Waals surface area contributed by atoms with E-state index >= 15 is 0 Å². The molecule has 0 aliphatic heterocycles. The third kappa shape index (κ3) is 5.16. The summed E-state index contributed by atoms with van der Waals surface area (Å²) >= 11 is 3.46. The summed E-state index contributed by atoms with van der Waals surface area (Å²) in [5.74, 6) is -0.0389. The van der Waals surface area contributed by atoms with E-state index in [1.807, 2.05) is 66.9 Å². The molecule has 0 bridgehead atoms. The van der Waals surface area contributed by atoms with Gasteiger partial charge in [-0.25, -0.2) is 0 Å². The summed E-state index contributed by atoms with van der Waals surface area (Å²) in [6.07, 6.45) is 3.93. The maximum atomic E-state index is 12.2. The maximum absolute atomic E-state index is 12.2. The van der Waals surface area contributed by atoms with Gasteiger partial charge in [-0.15, -0.1) is 0 Å². The monoisotopic (exact) mass is 395 g/mol. The fraction of sp³-hybridized carbons (Fsp3) is 0.100. The van der Waals surface area contributed by atoms with E-state index in [-0.39, 0.29) is 5.91 Å². The fourth-order valence-electron chi connectivity index (χ4n) is 2.40. The van der Waals surface area contributed by atoms with Crippen LogP contribution in [0.4, 0.5) is 11.4 Å². The molecule has 0 aliphatic rings. The van der Waals surface area contributed by atoms with Crippen molar-refractivity contribution in [2.75, 3.05) is 10.6 Å². The molecule has 3 rings (SSSR count). The summed E-state index contributed by atoms with van der Waals surface area (Å²) in [6, 6.07) is 19.4. The molecule has 2 aromatic carbocycles. The lowest BCUT2D eigenvalue weighted by Gasteiger charge is -2.09. The first kappa shape index (κ1) is 17.2. The maximum Gasteiger partial charge on any atom is 0.228 e. The highest BCUT2D eigenvalue weighted by Crippen LogP contribution is 2.18. The molecule has 0 spiro atoms. The highest BCUT2D eigenvalue weighted by atomic mass is 79.9. The Morgan fingerprint density at radius 1 is 0.960 bits per heavy atom. The lowest BCUT2D eigenvalue weighted by atomic mass is 10.1. The minimum Gasteiger partial charge on any atom is -0.381 e. The van der Waals surface area contributed by atoms with Crippen LogP contribution in [0, 0.1) is 0 Å². The van der Waals surface area contributed by atoms with Crippen molar-refractivity contribution in [2.45, 2.75) is 13.0 Å². The van der Waals surface area contributed by atoms with Crippen LogP contribution >= 0.6 is 15.9 Å². The van der Waals surface area contributed by atoms with Crippen molar-refractivity contribution < 1.29 is 4.79 Å². The van der Waals surface area contributed by atoms with Crippen LogP contribution in [-0.4, -0.2) is 10.9 Å². The minimum absolute atomic E-state index is 0.0389. The molecule has 0 unspecified atom stereocenters. The quantitative estimate of drug-likeness (QED) is 0.639. The molecule has 0 fully saturated rings. The summed E-state index contributed by atoms with van der Waals surface area (Å²) in [5.41, 5.74) is 3.86. The molecule has 126 valence electrons. The van der Waals surface area contributed by atoms with E-state index in [1.54, 1.807) is 6.20 Å². The molecule has 3 aromatic rings. The Labute approximate surface area is 155 Å². The van der Waals surface area contributed by atoms with Crippen molar-refractivity contribution in [3.63, 3.8) is 0 Å². The molecule has 0 radical (unpaired) electrons. The SMILES string of the molecule is O=C(Cc1ccccc1Br)Nc1ccc(NCc2cccnc2)cc1. The van der Waals surface area contributed by atoms with Gasteiger partial charge < -0.3 is 10.6 Å².